The first-order valence-electron chi connectivity index (χ1n) is 5.33. The predicted molar refractivity (Wildman–Crippen MR) is 66.1 cm³/mol. The van der Waals surface area contributed by atoms with E-state index in [1.165, 1.54) is 6.42 Å². The number of ether oxygens (including phenoxy) is 1. The molecular weight excluding hydrogens is 210 g/mol. The zero-order chi connectivity index (χ0) is 11.3. The Hall–Kier alpha value is -0.390. The second-order valence-corrected chi connectivity index (χ2v) is 4.46. The summed E-state index contributed by atoms with van der Waals surface area (Å²) in [6, 6.07) is 0.632. The first-order chi connectivity index (χ1) is 7.15. The SMILES string of the molecule is COCCNC(=S)N1CCC(N(C)C)C1. The van der Waals surface area contributed by atoms with Crippen molar-refractivity contribution >= 4 is 17.3 Å². The van der Waals surface area contributed by atoms with Crippen molar-refractivity contribution in [2.24, 2.45) is 0 Å². The lowest BCUT2D eigenvalue weighted by Crippen LogP contribution is -2.41. The highest BCUT2D eigenvalue weighted by Crippen LogP contribution is 2.12. The second-order valence-electron chi connectivity index (χ2n) is 4.08. The summed E-state index contributed by atoms with van der Waals surface area (Å²) in [5.74, 6) is 0. The van der Waals surface area contributed by atoms with Gasteiger partial charge in [0, 0.05) is 32.8 Å². The fourth-order valence-corrected chi connectivity index (χ4v) is 1.99. The molecule has 0 radical (unpaired) electrons. The quantitative estimate of drug-likeness (QED) is 0.549. The summed E-state index contributed by atoms with van der Waals surface area (Å²) >= 11 is 5.31. The van der Waals surface area contributed by atoms with E-state index in [-0.39, 0.29) is 0 Å². The van der Waals surface area contributed by atoms with E-state index in [0.29, 0.717) is 12.6 Å². The molecule has 15 heavy (non-hydrogen) atoms. The van der Waals surface area contributed by atoms with Gasteiger partial charge in [-0.25, -0.2) is 0 Å². The lowest BCUT2D eigenvalue weighted by Gasteiger charge is -2.22. The molecule has 1 N–H and O–H groups in total. The summed E-state index contributed by atoms with van der Waals surface area (Å²) < 4.78 is 4.97. The molecule has 1 atom stereocenters. The Morgan fingerprint density at radius 3 is 2.87 bits per heavy atom. The number of thiocarbonyl (C=S) groups is 1. The summed E-state index contributed by atoms with van der Waals surface area (Å²) in [5.41, 5.74) is 0. The van der Waals surface area contributed by atoms with Gasteiger partial charge in [0.25, 0.3) is 0 Å². The fourth-order valence-electron chi connectivity index (χ4n) is 1.72. The molecule has 1 heterocycles. The first kappa shape index (κ1) is 12.7. The smallest absolute Gasteiger partial charge is 0.169 e. The Morgan fingerprint density at radius 1 is 1.60 bits per heavy atom. The van der Waals surface area contributed by atoms with Crippen LogP contribution in [0.5, 0.6) is 0 Å². The van der Waals surface area contributed by atoms with Crippen molar-refractivity contribution < 1.29 is 4.74 Å². The Labute approximate surface area is 97.6 Å². The maximum absolute atomic E-state index is 5.31. The molecule has 1 aliphatic rings. The molecule has 0 spiro atoms. The lowest BCUT2D eigenvalue weighted by molar-refractivity contribution is 0.203. The number of hydrogen-bond acceptors (Lipinski definition) is 3. The minimum absolute atomic E-state index is 0.632. The third-order valence-corrected chi connectivity index (χ3v) is 3.17. The van der Waals surface area contributed by atoms with Gasteiger partial charge in [-0.05, 0) is 32.7 Å². The molecule has 0 aliphatic carbocycles. The highest BCUT2D eigenvalue weighted by Gasteiger charge is 2.25. The van der Waals surface area contributed by atoms with E-state index in [1.54, 1.807) is 7.11 Å². The van der Waals surface area contributed by atoms with Crippen LogP contribution in [0.2, 0.25) is 0 Å². The van der Waals surface area contributed by atoms with Gasteiger partial charge in [0.05, 0.1) is 6.61 Å². The predicted octanol–water partition coefficient (Wildman–Crippen LogP) is 0.143. The van der Waals surface area contributed by atoms with E-state index in [2.05, 4.69) is 29.2 Å². The minimum Gasteiger partial charge on any atom is -0.383 e. The van der Waals surface area contributed by atoms with Crippen LogP contribution in [0.15, 0.2) is 0 Å². The molecule has 0 bridgehead atoms. The molecule has 0 aromatic carbocycles. The molecule has 4 nitrogen and oxygen atoms in total. The van der Waals surface area contributed by atoms with Crippen LogP contribution in [-0.4, -0.2) is 68.4 Å². The molecule has 1 unspecified atom stereocenters. The van der Waals surface area contributed by atoms with Crippen LogP contribution in [0.25, 0.3) is 0 Å². The Balaban J connectivity index is 2.24. The van der Waals surface area contributed by atoms with Gasteiger partial charge >= 0.3 is 0 Å². The number of rotatable bonds is 4. The van der Waals surface area contributed by atoms with Crippen molar-refractivity contribution in [1.29, 1.82) is 0 Å². The topological polar surface area (TPSA) is 27.7 Å². The van der Waals surface area contributed by atoms with Gasteiger partial charge in [0.1, 0.15) is 0 Å². The summed E-state index contributed by atoms with van der Waals surface area (Å²) in [7, 11) is 5.94. The molecule has 1 saturated heterocycles. The van der Waals surface area contributed by atoms with Crippen molar-refractivity contribution in [1.82, 2.24) is 15.1 Å². The molecule has 0 aromatic heterocycles. The van der Waals surface area contributed by atoms with E-state index in [9.17, 15) is 0 Å². The fraction of sp³-hybridized carbons (Fsp3) is 0.900. The van der Waals surface area contributed by atoms with E-state index in [0.717, 1.165) is 24.7 Å². The third-order valence-electron chi connectivity index (χ3n) is 2.76. The molecule has 1 rings (SSSR count). The zero-order valence-electron chi connectivity index (χ0n) is 9.82. The standard InChI is InChI=1S/C10H21N3OS/c1-12(2)9-4-6-13(8-9)10(15)11-5-7-14-3/h9H,4-8H2,1-3H3,(H,11,15). The van der Waals surface area contributed by atoms with E-state index in [4.69, 9.17) is 17.0 Å². The number of methoxy groups -OCH3 is 1. The highest BCUT2D eigenvalue weighted by atomic mass is 32.1. The number of hydrogen-bond donors (Lipinski definition) is 1. The zero-order valence-corrected chi connectivity index (χ0v) is 10.6. The van der Waals surface area contributed by atoms with Crippen molar-refractivity contribution in [2.75, 3.05) is 47.4 Å². The van der Waals surface area contributed by atoms with Crippen LogP contribution >= 0.6 is 12.2 Å². The maximum Gasteiger partial charge on any atom is 0.169 e. The molecule has 1 aliphatic heterocycles. The summed E-state index contributed by atoms with van der Waals surface area (Å²) in [6.07, 6.45) is 1.19. The first-order valence-corrected chi connectivity index (χ1v) is 5.74. The lowest BCUT2D eigenvalue weighted by atomic mass is 10.2. The Morgan fingerprint density at radius 2 is 2.33 bits per heavy atom. The number of nitrogens with one attached hydrogen (secondary N) is 1. The molecule has 0 amide bonds. The largest absolute Gasteiger partial charge is 0.383 e. The summed E-state index contributed by atoms with van der Waals surface area (Å²) in [4.78, 5) is 4.49. The maximum atomic E-state index is 5.31. The van der Waals surface area contributed by atoms with E-state index < -0.39 is 0 Å². The van der Waals surface area contributed by atoms with Crippen LogP contribution < -0.4 is 5.32 Å². The van der Waals surface area contributed by atoms with E-state index >= 15 is 0 Å². The minimum atomic E-state index is 0.632. The van der Waals surface area contributed by atoms with Crippen molar-refractivity contribution in [3.8, 4) is 0 Å². The van der Waals surface area contributed by atoms with Gasteiger partial charge in [-0.3, -0.25) is 0 Å². The normalized spacial score (nSPS) is 21.1. The molecule has 0 aromatic rings. The van der Waals surface area contributed by atoms with E-state index in [1.807, 2.05) is 0 Å². The Bertz CT molecular complexity index is 211. The van der Waals surface area contributed by atoms with Gasteiger partial charge in [-0.15, -0.1) is 0 Å². The monoisotopic (exact) mass is 231 g/mol. The van der Waals surface area contributed by atoms with Crippen LogP contribution in [0.3, 0.4) is 0 Å². The van der Waals surface area contributed by atoms with Crippen LogP contribution in [0.4, 0.5) is 0 Å². The summed E-state index contributed by atoms with van der Waals surface area (Å²) in [5, 5.41) is 4.06. The summed E-state index contributed by atoms with van der Waals surface area (Å²) in [6.45, 7) is 3.58. The van der Waals surface area contributed by atoms with Crippen LogP contribution in [0, 0.1) is 0 Å². The van der Waals surface area contributed by atoms with Crippen molar-refractivity contribution in [2.45, 2.75) is 12.5 Å². The van der Waals surface area contributed by atoms with Crippen molar-refractivity contribution in [3.63, 3.8) is 0 Å². The number of nitrogens with zero attached hydrogens (tertiary/aromatic N) is 2. The molecule has 0 saturated carbocycles. The van der Waals surface area contributed by atoms with Crippen LogP contribution in [-0.2, 0) is 4.74 Å². The Kier molecular flexibility index (Phi) is 5.28. The van der Waals surface area contributed by atoms with Crippen molar-refractivity contribution in [3.05, 3.63) is 0 Å². The average molecular weight is 231 g/mol. The van der Waals surface area contributed by atoms with Gasteiger partial charge < -0.3 is 19.9 Å². The number of likely N-dealkylation sites (tertiary alicyclic amines) is 1. The molecule has 88 valence electrons. The number of likely N-dealkylation sites (N-methyl/N-ethyl adjacent to an activating group) is 1. The molecule has 5 heteroatoms. The molecule has 1 fully saturated rings. The van der Waals surface area contributed by atoms with Gasteiger partial charge in [0.15, 0.2) is 5.11 Å². The molecular formula is C10H21N3OS. The van der Waals surface area contributed by atoms with Gasteiger partial charge in [0.2, 0.25) is 0 Å². The second kappa shape index (κ2) is 6.25. The van der Waals surface area contributed by atoms with Gasteiger partial charge in [-0.1, -0.05) is 0 Å². The van der Waals surface area contributed by atoms with Crippen LogP contribution in [0.1, 0.15) is 6.42 Å². The average Bonchev–Trinajstić information content (AvgIpc) is 2.66. The third kappa shape index (κ3) is 3.93. The highest BCUT2D eigenvalue weighted by molar-refractivity contribution is 7.80. The van der Waals surface area contributed by atoms with Gasteiger partial charge in [-0.2, -0.15) is 0 Å².